The van der Waals surface area contributed by atoms with E-state index in [1.54, 1.807) is 6.20 Å². The minimum absolute atomic E-state index is 0.0300. The van der Waals surface area contributed by atoms with E-state index in [9.17, 15) is 0 Å². The van der Waals surface area contributed by atoms with Crippen LogP contribution in [0.25, 0.3) is 11.5 Å². The van der Waals surface area contributed by atoms with Crippen LogP contribution in [0.5, 0.6) is 0 Å². The smallest absolute Gasteiger partial charge is 0.233 e. The van der Waals surface area contributed by atoms with Crippen LogP contribution in [0.15, 0.2) is 27.3 Å². The van der Waals surface area contributed by atoms with Crippen LogP contribution in [-0.4, -0.2) is 28.2 Å². The van der Waals surface area contributed by atoms with Gasteiger partial charge in [0, 0.05) is 16.1 Å². The zero-order valence-electron chi connectivity index (χ0n) is 10.7. The van der Waals surface area contributed by atoms with Crippen molar-refractivity contribution in [2.24, 2.45) is 0 Å². The van der Waals surface area contributed by atoms with Gasteiger partial charge in [-0.2, -0.15) is 4.98 Å². The number of rotatable bonds is 2. The van der Waals surface area contributed by atoms with Gasteiger partial charge < -0.3 is 9.84 Å². The quantitative estimate of drug-likeness (QED) is 0.920. The molecule has 0 atom stereocenters. The normalized spacial score (nSPS) is 18.4. The second-order valence-electron chi connectivity index (χ2n) is 5.07. The van der Waals surface area contributed by atoms with Crippen LogP contribution in [0.2, 0.25) is 0 Å². The van der Waals surface area contributed by atoms with Crippen molar-refractivity contribution >= 4 is 15.9 Å². The topological polar surface area (TPSA) is 63.8 Å². The van der Waals surface area contributed by atoms with Gasteiger partial charge in [-0.25, -0.2) is 0 Å². The Labute approximate surface area is 119 Å². The summed E-state index contributed by atoms with van der Waals surface area (Å²) in [6.45, 7) is 4.15. The fourth-order valence-electron chi connectivity index (χ4n) is 2.31. The van der Waals surface area contributed by atoms with Crippen LogP contribution in [0.1, 0.15) is 25.7 Å². The molecule has 0 aromatic carbocycles. The average molecular weight is 323 g/mol. The zero-order chi connectivity index (χ0) is 13.3. The van der Waals surface area contributed by atoms with Gasteiger partial charge in [-0.05, 0) is 54.0 Å². The molecule has 2 aromatic rings. The number of hydrogen-bond acceptors (Lipinski definition) is 5. The molecule has 0 spiro atoms. The van der Waals surface area contributed by atoms with Gasteiger partial charge in [0.15, 0.2) is 0 Å². The fraction of sp³-hybridized carbons (Fsp3) is 0.462. The molecule has 0 radical (unpaired) electrons. The Balaban J connectivity index is 1.93. The SMILES string of the molecule is CC1(c2nc(-c3ncccc3Br)no2)CCNCC1. The molecule has 1 aliphatic heterocycles. The standard InChI is InChI=1S/C13H15BrN4O/c1-13(4-7-15-8-5-13)12-17-11(18-19-12)10-9(14)3-2-6-16-10/h2-3,6,15H,4-5,7-8H2,1H3. The zero-order valence-corrected chi connectivity index (χ0v) is 12.3. The summed E-state index contributed by atoms with van der Waals surface area (Å²) in [5.74, 6) is 1.25. The van der Waals surface area contributed by atoms with Gasteiger partial charge in [0.25, 0.3) is 0 Å². The highest BCUT2D eigenvalue weighted by molar-refractivity contribution is 9.10. The Morgan fingerprint density at radius 1 is 1.37 bits per heavy atom. The third-order valence-corrected chi connectivity index (χ3v) is 4.26. The summed E-state index contributed by atoms with van der Waals surface area (Å²) in [5, 5.41) is 7.42. The molecule has 3 rings (SSSR count). The minimum Gasteiger partial charge on any atom is -0.338 e. The number of piperidine rings is 1. The van der Waals surface area contributed by atoms with Crippen LogP contribution in [0.3, 0.4) is 0 Å². The predicted molar refractivity (Wildman–Crippen MR) is 74.7 cm³/mol. The molecule has 0 bridgehead atoms. The Hall–Kier alpha value is -1.27. The first-order valence-electron chi connectivity index (χ1n) is 6.35. The summed E-state index contributed by atoms with van der Waals surface area (Å²) in [6, 6.07) is 3.79. The maximum absolute atomic E-state index is 5.47. The lowest BCUT2D eigenvalue weighted by Crippen LogP contribution is -2.37. The number of aromatic nitrogens is 3. The summed E-state index contributed by atoms with van der Waals surface area (Å²) in [6.07, 6.45) is 3.75. The van der Waals surface area contributed by atoms with Crippen LogP contribution >= 0.6 is 15.9 Å². The Morgan fingerprint density at radius 2 is 2.16 bits per heavy atom. The summed E-state index contributed by atoms with van der Waals surface area (Å²) >= 11 is 3.46. The Kier molecular flexibility index (Phi) is 3.36. The Morgan fingerprint density at radius 3 is 2.89 bits per heavy atom. The molecule has 0 saturated carbocycles. The van der Waals surface area contributed by atoms with Crippen molar-refractivity contribution in [2.45, 2.75) is 25.2 Å². The molecular weight excluding hydrogens is 308 g/mol. The third-order valence-electron chi connectivity index (χ3n) is 3.62. The lowest BCUT2D eigenvalue weighted by atomic mass is 9.81. The van der Waals surface area contributed by atoms with E-state index in [0.717, 1.165) is 36.1 Å². The molecule has 3 heterocycles. The van der Waals surface area contributed by atoms with Gasteiger partial charge in [-0.15, -0.1) is 0 Å². The van der Waals surface area contributed by atoms with Crippen molar-refractivity contribution in [3.05, 3.63) is 28.7 Å². The van der Waals surface area contributed by atoms with Crippen molar-refractivity contribution in [1.29, 1.82) is 0 Å². The molecule has 1 N–H and O–H groups in total. The van der Waals surface area contributed by atoms with Crippen molar-refractivity contribution < 1.29 is 4.52 Å². The second kappa shape index (κ2) is 5.02. The van der Waals surface area contributed by atoms with E-state index in [2.05, 4.69) is 43.3 Å². The molecule has 5 nitrogen and oxygen atoms in total. The van der Waals surface area contributed by atoms with Gasteiger partial charge in [-0.3, -0.25) is 4.98 Å². The summed E-state index contributed by atoms with van der Waals surface area (Å²) in [5.41, 5.74) is 0.688. The van der Waals surface area contributed by atoms with Crippen molar-refractivity contribution in [3.8, 4) is 11.5 Å². The molecule has 1 aliphatic rings. The number of nitrogens with zero attached hydrogens (tertiary/aromatic N) is 3. The van der Waals surface area contributed by atoms with Gasteiger partial charge in [0.05, 0.1) is 0 Å². The van der Waals surface area contributed by atoms with E-state index >= 15 is 0 Å². The maximum atomic E-state index is 5.47. The van der Waals surface area contributed by atoms with E-state index in [0.29, 0.717) is 11.7 Å². The largest absolute Gasteiger partial charge is 0.338 e. The molecule has 6 heteroatoms. The van der Waals surface area contributed by atoms with E-state index in [-0.39, 0.29) is 5.41 Å². The molecule has 1 saturated heterocycles. The van der Waals surface area contributed by atoms with E-state index in [1.807, 2.05) is 12.1 Å². The van der Waals surface area contributed by atoms with Crippen LogP contribution in [0, 0.1) is 0 Å². The molecule has 19 heavy (non-hydrogen) atoms. The van der Waals surface area contributed by atoms with Crippen molar-refractivity contribution in [1.82, 2.24) is 20.4 Å². The first-order chi connectivity index (χ1) is 9.19. The van der Waals surface area contributed by atoms with Crippen LogP contribution < -0.4 is 5.32 Å². The lowest BCUT2D eigenvalue weighted by molar-refractivity contribution is 0.241. The monoisotopic (exact) mass is 322 g/mol. The second-order valence-corrected chi connectivity index (χ2v) is 5.92. The molecule has 1 fully saturated rings. The number of nitrogens with one attached hydrogen (secondary N) is 1. The van der Waals surface area contributed by atoms with Crippen LogP contribution in [0.4, 0.5) is 0 Å². The Bertz CT molecular complexity index is 578. The molecule has 0 aliphatic carbocycles. The van der Waals surface area contributed by atoms with Gasteiger partial charge >= 0.3 is 0 Å². The van der Waals surface area contributed by atoms with Gasteiger partial charge in [-0.1, -0.05) is 12.1 Å². The molecule has 0 amide bonds. The van der Waals surface area contributed by atoms with E-state index < -0.39 is 0 Å². The van der Waals surface area contributed by atoms with Crippen molar-refractivity contribution in [2.75, 3.05) is 13.1 Å². The maximum Gasteiger partial charge on any atom is 0.233 e. The minimum atomic E-state index is -0.0300. The van der Waals surface area contributed by atoms with Crippen molar-refractivity contribution in [3.63, 3.8) is 0 Å². The third kappa shape index (κ3) is 2.42. The highest BCUT2D eigenvalue weighted by Gasteiger charge is 2.34. The molecule has 0 unspecified atom stereocenters. The predicted octanol–water partition coefficient (Wildman–Crippen LogP) is 2.54. The molecule has 2 aromatic heterocycles. The fourth-order valence-corrected chi connectivity index (χ4v) is 2.74. The summed E-state index contributed by atoms with van der Waals surface area (Å²) in [7, 11) is 0. The molecule has 100 valence electrons. The first kappa shape index (κ1) is 12.7. The van der Waals surface area contributed by atoms with Gasteiger partial charge in [0.2, 0.25) is 11.7 Å². The van der Waals surface area contributed by atoms with E-state index in [4.69, 9.17) is 4.52 Å². The highest BCUT2D eigenvalue weighted by Crippen LogP contribution is 2.33. The lowest BCUT2D eigenvalue weighted by Gasteiger charge is -2.30. The van der Waals surface area contributed by atoms with Gasteiger partial charge in [0.1, 0.15) is 5.69 Å². The first-order valence-corrected chi connectivity index (χ1v) is 7.14. The van der Waals surface area contributed by atoms with E-state index in [1.165, 1.54) is 0 Å². The summed E-state index contributed by atoms with van der Waals surface area (Å²) < 4.78 is 6.34. The summed E-state index contributed by atoms with van der Waals surface area (Å²) in [4.78, 5) is 8.82. The number of hydrogen-bond donors (Lipinski definition) is 1. The average Bonchev–Trinajstić information content (AvgIpc) is 2.90. The number of pyridine rings is 1. The highest BCUT2D eigenvalue weighted by atomic mass is 79.9. The van der Waals surface area contributed by atoms with Crippen LogP contribution in [-0.2, 0) is 5.41 Å². The number of halogens is 1. The molecular formula is C13H15BrN4O.